The summed E-state index contributed by atoms with van der Waals surface area (Å²) in [5, 5.41) is 9.85. The van der Waals surface area contributed by atoms with E-state index < -0.39 is 6.10 Å². The Morgan fingerprint density at radius 3 is 2.45 bits per heavy atom. The number of aliphatic hydroxyl groups is 1. The molecule has 0 saturated carbocycles. The summed E-state index contributed by atoms with van der Waals surface area (Å²) in [5.74, 6) is 1.01. The molecule has 1 atom stereocenters. The Hall–Kier alpha value is -1.75. The number of methoxy groups -OCH3 is 1. The van der Waals surface area contributed by atoms with Gasteiger partial charge in [-0.25, -0.2) is 0 Å². The number of hydrogen-bond donors (Lipinski definition) is 1. The van der Waals surface area contributed by atoms with E-state index in [0.29, 0.717) is 13.1 Å². The highest BCUT2D eigenvalue weighted by Gasteiger charge is 2.24. The summed E-state index contributed by atoms with van der Waals surface area (Å²) in [6.07, 6.45) is -0.341. The molecule has 22 heavy (non-hydrogen) atoms. The molecule has 0 aliphatic carbocycles. The Balaban J connectivity index is 1.91. The first kappa shape index (κ1) is 16.6. The molecule has 1 amide bonds. The number of hydrogen-bond acceptors (Lipinski definition) is 4. The van der Waals surface area contributed by atoms with Crippen LogP contribution < -0.4 is 9.64 Å². The predicted octanol–water partition coefficient (Wildman–Crippen LogP) is 1.75. The molecule has 1 aliphatic heterocycles. The second kappa shape index (κ2) is 7.49. The lowest BCUT2D eigenvalue weighted by molar-refractivity contribution is -0.134. The van der Waals surface area contributed by atoms with Crippen LogP contribution in [0.5, 0.6) is 5.75 Å². The fourth-order valence-corrected chi connectivity index (χ4v) is 2.63. The van der Waals surface area contributed by atoms with E-state index >= 15 is 0 Å². The van der Waals surface area contributed by atoms with Crippen molar-refractivity contribution < 1.29 is 14.6 Å². The van der Waals surface area contributed by atoms with E-state index in [-0.39, 0.29) is 18.2 Å². The van der Waals surface area contributed by atoms with Crippen molar-refractivity contribution in [1.29, 1.82) is 0 Å². The number of piperazine rings is 1. The summed E-state index contributed by atoms with van der Waals surface area (Å²) in [7, 11) is 1.67. The first-order valence-corrected chi connectivity index (χ1v) is 7.86. The van der Waals surface area contributed by atoms with Crippen LogP contribution in [0.4, 0.5) is 5.69 Å². The number of anilines is 1. The molecule has 1 aliphatic rings. The van der Waals surface area contributed by atoms with Crippen molar-refractivity contribution in [3.63, 3.8) is 0 Å². The zero-order valence-corrected chi connectivity index (χ0v) is 13.7. The second-order valence-corrected chi connectivity index (χ2v) is 6.06. The van der Waals surface area contributed by atoms with E-state index in [2.05, 4.69) is 4.90 Å². The van der Waals surface area contributed by atoms with Gasteiger partial charge in [0.25, 0.3) is 0 Å². The van der Waals surface area contributed by atoms with Crippen molar-refractivity contribution in [1.82, 2.24) is 4.90 Å². The Morgan fingerprint density at radius 2 is 1.86 bits per heavy atom. The van der Waals surface area contributed by atoms with E-state index in [4.69, 9.17) is 4.74 Å². The minimum absolute atomic E-state index is 0.0425. The fraction of sp³-hybridized carbons (Fsp3) is 0.588. The van der Waals surface area contributed by atoms with Gasteiger partial charge in [-0.15, -0.1) is 0 Å². The Morgan fingerprint density at radius 1 is 1.23 bits per heavy atom. The maximum Gasteiger partial charge on any atom is 0.225 e. The molecule has 0 aromatic heterocycles. The summed E-state index contributed by atoms with van der Waals surface area (Å²) < 4.78 is 5.40. The van der Waals surface area contributed by atoms with Crippen molar-refractivity contribution in [2.24, 2.45) is 5.92 Å². The number of rotatable bonds is 5. The van der Waals surface area contributed by atoms with Gasteiger partial charge in [-0.1, -0.05) is 26.0 Å². The van der Waals surface area contributed by atoms with Crippen molar-refractivity contribution in [3.05, 3.63) is 24.3 Å². The van der Waals surface area contributed by atoms with E-state index in [0.717, 1.165) is 24.5 Å². The molecular formula is C17H26N2O3. The highest BCUT2D eigenvalue weighted by Crippen LogP contribution is 2.28. The largest absolute Gasteiger partial charge is 0.495 e. The molecule has 0 bridgehead atoms. The number of amides is 1. The van der Waals surface area contributed by atoms with Crippen LogP contribution in [0.25, 0.3) is 0 Å². The second-order valence-electron chi connectivity index (χ2n) is 6.06. The molecule has 122 valence electrons. The summed E-state index contributed by atoms with van der Waals surface area (Å²) in [6.45, 7) is 6.78. The number of para-hydroxylation sites is 2. The first-order chi connectivity index (χ1) is 10.5. The van der Waals surface area contributed by atoms with Gasteiger partial charge in [-0.05, 0) is 18.1 Å². The van der Waals surface area contributed by atoms with E-state index in [9.17, 15) is 9.90 Å². The van der Waals surface area contributed by atoms with E-state index in [1.807, 2.05) is 43.0 Å². The van der Waals surface area contributed by atoms with Crippen molar-refractivity contribution in [2.45, 2.75) is 26.4 Å². The third-order valence-corrected chi connectivity index (χ3v) is 4.21. The predicted molar refractivity (Wildman–Crippen MR) is 87.2 cm³/mol. The standard InChI is InChI=1S/C17H26N2O3/c1-13(2)15(20)12-17(21)19-10-8-18(9-11-19)14-6-4-5-7-16(14)22-3/h4-7,13,15,20H,8-12H2,1-3H3. The Bertz CT molecular complexity index is 496. The van der Waals surface area contributed by atoms with Gasteiger partial charge in [0.15, 0.2) is 0 Å². The van der Waals surface area contributed by atoms with E-state index in [1.54, 1.807) is 7.11 Å². The van der Waals surface area contributed by atoms with Crippen LogP contribution in [-0.4, -0.2) is 55.3 Å². The lowest BCUT2D eigenvalue weighted by atomic mass is 10.0. The van der Waals surface area contributed by atoms with Crippen molar-refractivity contribution in [2.75, 3.05) is 38.2 Å². The molecule has 1 aromatic rings. The van der Waals surface area contributed by atoms with Crippen LogP contribution in [0, 0.1) is 5.92 Å². The van der Waals surface area contributed by atoms with Gasteiger partial charge in [-0.2, -0.15) is 0 Å². The van der Waals surface area contributed by atoms with E-state index in [1.165, 1.54) is 0 Å². The third-order valence-electron chi connectivity index (χ3n) is 4.21. The number of aliphatic hydroxyl groups excluding tert-OH is 1. The third kappa shape index (κ3) is 3.91. The van der Waals surface area contributed by atoms with Crippen LogP contribution >= 0.6 is 0 Å². The van der Waals surface area contributed by atoms with Gasteiger partial charge >= 0.3 is 0 Å². The molecule has 1 fully saturated rings. The van der Waals surface area contributed by atoms with Gasteiger partial charge in [0.2, 0.25) is 5.91 Å². The van der Waals surface area contributed by atoms with Crippen LogP contribution in [0.1, 0.15) is 20.3 Å². The SMILES string of the molecule is COc1ccccc1N1CCN(C(=O)CC(O)C(C)C)CC1. The van der Waals surface area contributed by atoms with Gasteiger partial charge in [0.1, 0.15) is 5.75 Å². The van der Waals surface area contributed by atoms with Gasteiger partial charge < -0.3 is 19.6 Å². The lowest BCUT2D eigenvalue weighted by Crippen LogP contribution is -2.49. The average molecular weight is 306 g/mol. The van der Waals surface area contributed by atoms with Crippen LogP contribution in [0.2, 0.25) is 0 Å². The maximum absolute atomic E-state index is 12.2. The molecule has 2 rings (SSSR count). The minimum Gasteiger partial charge on any atom is -0.495 e. The Kier molecular flexibility index (Phi) is 5.66. The molecule has 1 heterocycles. The van der Waals surface area contributed by atoms with Crippen LogP contribution in [0.3, 0.4) is 0 Å². The number of carbonyl (C=O) groups is 1. The Labute approximate surface area is 132 Å². The normalized spacial score (nSPS) is 16.8. The quantitative estimate of drug-likeness (QED) is 0.900. The summed E-state index contributed by atoms with van der Waals surface area (Å²) in [4.78, 5) is 16.3. The lowest BCUT2D eigenvalue weighted by Gasteiger charge is -2.37. The first-order valence-electron chi connectivity index (χ1n) is 7.86. The van der Waals surface area contributed by atoms with Gasteiger partial charge in [-0.3, -0.25) is 4.79 Å². The molecule has 1 aromatic carbocycles. The maximum atomic E-state index is 12.2. The number of ether oxygens (including phenoxy) is 1. The molecule has 1 N–H and O–H groups in total. The minimum atomic E-state index is -0.556. The topological polar surface area (TPSA) is 53.0 Å². The average Bonchev–Trinajstić information content (AvgIpc) is 2.54. The van der Waals surface area contributed by atoms with Crippen LogP contribution in [-0.2, 0) is 4.79 Å². The van der Waals surface area contributed by atoms with Gasteiger partial charge in [0, 0.05) is 26.2 Å². The van der Waals surface area contributed by atoms with Crippen molar-refractivity contribution in [3.8, 4) is 5.75 Å². The molecular weight excluding hydrogens is 280 g/mol. The highest BCUT2D eigenvalue weighted by molar-refractivity contribution is 5.77. The zero-order chi connectivity index (χ0) is 16.1. The number of benzene rings is 1. The monoisotopic (exact) mass is 306 g/mol. The summed E-state index contributed by atoms with van der Waals surface area (Å²) in [5.41, 5.74) is 1.07. The number of carbonyl (C=O) groups excluding carboxylic acids is 1. The summed E-state index contributed by atoms with van der Waals surface area (Å²) in [6, 6.07) is 7.94. The number of nitrogens with zero attached hydrogens (tertiary/aromatic N) is 2. The van der Waals surface area contributed by atoms with Crippen LogP contribution in [0.15, 0.2) is 24.3 Å². The zero-order valence-electron chi connectivity index (χ0n) is 13.7. The molecule has 5 heteroatoms. The highest BCUT2D eigenvalue weighted by atomic mass is 16.5. The fourth-order valence-electron chi connectivity index (χ4n) is 2.63. The molecule has 1 unspecified atom stereocenters. The molecule has 1 saturated heterocycles. The van der Waals surface area contributed by atoms with Gasteiger partial charge in [0.05, 0.1) is 25.3 Å². The smallest absolute Gasteiger partial charge is 0.225 e. The summed E-state index contributed by atoms with van der Waals surface area (Å²) >= 11 is 0. The molecule has 5 nitrogen and oxygen atoms in total. The molecule has 0 spiro atoms. The molecule has 0 radical (unpaired) electrons. The van der Waals surface area contributed by atoms with Crippen molar-refractivity contribution >= 4 is 11.6 Å².